The van der Waals surface area contributed by atoms with Crippen LogP contribution in [0.3, 0.4) is 0 Å². The Morgan fingerprint density at radius 3 is 2.90 bits per heavy atom. The molecule has 0 radical (unpaired) electrons. The van der Waals surface area contributed by atoms with Gasteiger partial charge in [-0.3, -0.25) is 15.0 Å². The van der Waals surface area contributed by atoms with Crippen LogP contribution in [0.2, 0.25) is 0 Å². The lowest BCUT2D eigenvalue weighted by atomic mass is 10.1. The molecule has 0 saturated heterocycles. The molecule has 3 rings (SSSR count). The second-order valence-corrected chi connectivity index (χ2v) is 5.64. The zero-order chi connectivity index (χ0) is 14.5. The van der Waals surface area contributed by atoms with E-state index < -0.39 is 0 Å². The summed E-state index contributed by atoms with van der Waals surface area (Å²) < 4.78 is 0. The number of aliphatic hydroxyl groups excluding tert-OH is 1. The molecule has 2 aromatic heterocycles. The molecular weight excluding hydrogens is 264 g/mol. The Hall–Kier alpha value is -1.72. The molecule has 0 spiro atoms. The number of rotatable bonds is 8. The Morgan fingerprint density at radius 2 is 2.19 bits per heavy atom. The Kier molecular flexibility index (Phi) is 4.62. The minimum Gasteiger partial charge on any atom is -0.396 e. The topological polar surface area (TPSA) is 65.0 Å². The highest BCUT2D eigenvalue weighted by Gasteiger charge is 2.29. The highest BCUT2D eigenvalue weighted by Crippen LogP contribution is 2.30. The summed E-state index contributed by atoms with van der Waals surface area (Å²) in [5.74, 6) is 0. The molecule has 2 N–H and O–H groups in total. The fraction of sp³-hybridized carbons (Fsp3) is 0.500. The molecule has 0 unspecified atom stereocenters. The smallest absolute Gasteiger partial charge is 0.0710 e. The van der Waals surface area contributed by atoms with Crippen LogP contribution < -0.4 is 0 Å². The predicted octanol–water partition coefficient (Wildman–Crippen LogP) is 2.21. The van der Waals surface area contributed by atoms with E-state index in [0.29, 0.717) is 6.04 Å². The number of aromatic nitrogens is 3. The molecule has 5 heteroatoms. The molecule has 1 aliphatic carbocycles. The van der Waals surface area contributed by atoms with Crippen molar-refractivity contribution in [2.24, 2.45) is 0 Å². The summed E-state index contributed by atoms with van der Waals surface area (Å²) in [5, 5.41) is 16.2. The van der Waals surface area contributed by atoms with Crippen molar-refractivity contribution in [3.8, 4) is 11.3 Å². The van der Waals surface area contributed by atoms with Gasteiger partial charge in [-0.05, 0) is 44.4 Å². The zero-order valence-electron chi connectivity index (χ0n) is 12.2. The van der Waals surface area contributed by atoms with Gasteiger partial charge in [0.05, 0.1) is 11.9 Å². The molecule has 1 aliphatic rings. The fourth-order valence-electron chi connectivity index (χ4n) is 2.67. The van der Waals surface area contributed by atoms with E-state index in [0.717, 1.165) is 37.2 Å². The lowest BCUT2D eigenvalue weighted by Gasteiger charge is -2.21. The van der Waals surface area contributed by atoms with Crippen LogP contribution in [0.1, 0.15) is 31.2 Å². The van der Waals surface area contributed by atoms with E-state index in [1.165, 1.54) is 18.4 Å². The maximum Gasteiger partial charge on any atom is 0.0710 e. The number of nitrogens with one attached hydrogen (secondary N) is 1. The van der Waals surface area contributed by atoms with E-state index in [1.807, 2.05) is 18.5 Å². The van der Waals surface area contributed by atoms with E-state index in [-0.39, 0.29) is 6.61 Å². The number of nitrogens with zero attached hydrogens (tertiary/aromatic N) is 3. The Bertz CT molecular complexity index is 550. The van der Waals surface area contributed by atoms with Crippen molar-refractivity contribution in [1.29, 1.82) is 0 Å². The van der Waals surface area contributed by atoms with Crippen LogP contribution in [0, 0.1) is 0 Å². The van der Waals surface area contributed by atoms with E-state index in [4.69, 9.17) is 5.11 Å². The number of pyridine rings is 1. The first-order valence-corrected chi connectivity index (χ1v) is 7.66. The van der Waals surface area contributed by atoms with Gasteiger partial charge in [-0.2, -0.15) is 5.10 Å². The molecule has 1 fully saturated rings. The highest BCUT2D eigenvalue weighted by atomic mass is 16.2. The Labute approximate surface area is 125 Å². The number of aliphatic hydroxyl groups is 1. The van der Waals surface area contributed by atoms with Crippen molar-refractivity contribution in [2.75, 3.05) is 13.2 Å². The maximum atomic E-state index is 8.94. The monoisotopic (exact) mass is 286 g/mol. The molecule has 21 heavy (non-hydrogen) atoms. The predicted molar refractivity (Wildman–Crippen MR) is 81.6 cm³/mol. The average molecular weight is 286 g/mol. The molecule has 0 bridgehead atoms. The third kappa shape index (κ3) is 3.68. The first-order valence-electron chi connectivity index (χ1n) is 7.66. The second-order valence-electron chi connectivity index (χ2n) is 5.64. The number of H-pyrrole nitrogens is 1. The van der Waals surface area contributed by atoms with Crippen molar-refractivity contribution in [2.45, 2.75) is 38.3 Å². The van der Waals surface area contributed by atoms with E-state index in [1.54, 1.807) is 6.20 Å². The summed E-state index contributed by atoms with van der Waals surface area (Å²) in [6.45, 7) is 2.24. The van der Waals surface area contributed by atoms with Crippen LogP contribution in [0.5, 0.6) is 0 Å². The Morgan fingerprint density at radius 1 is 1.29 bits per heavy atom. The summed E-state index contributed by atoms with van der Waals surface area (Å²) in [6, 6.07) is 4.71. The quantitative estimate of drug-likeness (QED) is 0.730. The Balaban J connectivity index is 1.70. The highest BCUT2D eigenvalue weighted by molar-refractivity contribution is 5.61. The molecule has 2 aromatic rings. The van der Waals surface area contributed by atoms with Gasteiger partial charge in [0.1, 0.15) is 0 Å². The van der Waals surface area contributed by atoms with Crippen molar-refractivity contribution in [3.05, 3.63) is 36.3 Å². The van der Waals surface area contributed by atoms with Gasteiger partial charge in [0.2, 0.25) is 0 Å². The lowest BCUT2D eigenvalue weighted by molar-refractivity contribution is 0.229. The van der Waals surface area contributed by atoms with Gasteiger partial charge in [-0.25, -0.2) is 0 Å². The number of unbranched alkanes of at least 4 members (excludes halogenated alkanes) is 1. The van der Waals surface area contributed by atoms with Crippen LogP contribution in [0.25, 0.3) is 11.3 Å². The molecule has 0 amide bonds. The lowest BCUT2D eigenvalue weighted by Crippen LogP contribution is -2.27. The second kappa shape index (κ2) is 6.83. The van der Waals surface area contributed by atoms with Crippen LogP contribution in [0.15, 0.2) is 30.7 Å². The summed E-state index contributed by atoms with van der Waals surface area (Å²) in [6.07, 6.45) is 10.1. The largest absolute Gasteiger partial charge is 0.396 e. The van der Waals surface area contributed by atoms with E-state index in [9.17, 15) is 0 Å². The fourth-order valence-corrected chi connectivity index (χ4v) is 2.67. The van der Waals surface area contributed by atoms with Gasteiger partial charge in [-0.15, -0.1) is 0 Å². The maximum absolute atomic E-state index is 8.94. The summed E-state index contributed by atoms with van der Waals surface area (Å²) in [4.78, 5) is 6.69. The number of hydrogen-bond donors (Lipinski definition) is 2. The van der Waals surface area contributed by atoms with Gasteiger partial charge in [0.25, 0.3) is 0 Å². The minimum absolute atomic E-state index is 0.283. The minimum atomic E-state index is 0.283. The third-order valence-corrected chi connectivity index (χ3v) is 3.96. The molecule has 112 valence electrons. The summed E-state index contributed by atoms with van der Waals surface area (Å²) in [7, 11) is 0. The molecular formula is C16H22N4O. The van der Waals surface area contributed by atoms with Crippen molar-refractivity contribution < 1.29 is 5.11 Å². The molecule has 0 aliphatic heterocycles. The van der Waals surface area contributed by atoms with Crippen LogP contribution in [-0.4, -0.2) is 44.4 Å². The van der Waals surface area contributed by atoms with Gasteiger partial charge in [0.15, 0.2) is 0 Å². The van der Waals surface area contributed by atoms with Crippen LogP contribution in [-0.2, 0) is 6.54 Å². The normalized spacial score (nSPS) is 14.8. The molecule has 1 saturated carbocycles. The molecule has 2 heterocycles. The van der Waals surface area contributed by atoms with Crippen LogP contribution >= 0.6 is 0 Å². The average Bonchev–Trinajstić information content (AvgIpc) is 3.27. The standard InChI is InChI=1S/C16H22N4O/c21-9-2-1-8-20(15-5-6-15)12-14-11-18-19-16(14)13-4-3-7-17-10-13/h3-4,7,10-11,15,21H,1-2,5-6,8-9,12H2,(H,18,19). The van der Waals surface area contributed by atoms with Crippen molar-refractivity contribution >= 4 is 0 Å². The zero-order valence-corrected chi connectivity index (χ0v) is 12.2. The summed E-state index contributed by atoms with van der Waals surface area (Å²) in [5.41, 5.74) is 3.37. The van der Waals surface area contributed by atoms with E-state index >= 15 is 0 Å². The first kappa shape index (κ1) is 14.2. The molecule has 0 atom stereocenters. The van der Waals surface area contributed by atoms with Gasteiger partial charge in [-0.1, -0.05) is 0 Å². The first-order chi connectivity index (χ1) is 10.4. The van der Waals surface area contributed by atoms with Gasteiger partial charge >= 0.3 is 0 Å². The van der Waals surface area contributed by atoms with Crippen molar-refractivity contribution in [3.63, 3.8) is 0 Å². The van der Waals surface area contributed by atoms with E-state index in [2.05, 4.69) is 26.1 Å². The summed E-state index contributed by atoms with van der Waals surface area (Å²) >= 11 is 0. The number of aromatic amines is 1. The molecule has 0 aromatic carbocycles. The third-order valence-electron chi connectivity index (χ3n) is 3.96. The molecule has 5 nitrogen and oxygen atoms in total. The van der Waals surface area contributed by atoms with Gasteiger partial charge in [0, 0.05) is 42.7 Å². The van der Waals surface area contributed by atoms with Crippen LogP contribution in [0.4, 0.5) is 0 Å². The van der Waals surface area contributed by atoms with Crippen molar-refractivity contribution in [1.82, 2.24) is 20.1 Å². The van der Waals surface area contributed by atoms with Gasteiger partial charge < -0.3 is 5.11 Å². The SMILES string of the molecule is OCCCCN(Cc1cn[nH]c1-c1cccnc1)C1CC1. The number of hydrogen-bond acceptors (Lipinski definition) is 4.